The molecule has 0 aliphatic heterocycles. The summed E-state index contributed by atoms with van der Waals surface area (Å²) >= 11 is 0. The number of nitrogens with one attached hydrogen (secondary N) is 1. The zero-order valence-corrected chi connectivity index (χ0v) is 13.9. The summed E-state index contributed by atoms with van der Waals surface area (Å²) < 4.78 is 27.3. The predicted octanol–water partition coefficient (Wildman–Crippen LogP) is 1.50. The van der Waals surface area contributed by atoms with Crippen molar-refractivity contribution in [1.29, 1.82) is 0 Å². The van der Waals surface area contributed by atoms with Crippen LogP contribution in [0.2, 0.25) is 0 Å². The molecule has 0 atom stereocenters. The molecule has 1 rings (SSSR count). The van der Waals surface area contributed by atoms with Crippen molar-refractivity contribution in [2.75, 3.05) is 26.2 Å². The van der Waals surface area contributed by atoms with Gasteiger partial charge >= 0.3 is 0 Å². The first-order valence-electron chi connectivity index (χ1n) is 7.37. The second kappa shape index (κ2) is 8.48. The fraction of sp³-hybridized carbons (Fsp3) is 0.600. The molecule has 21 heavy (non-hydrogen) atoms. The van der Waals surface area contributed by atoms with Gasteiger partial charge in [0.1, 0.15) is 0 Å². The highest BCUT2D eigenvalue weighted by Gasteiger charge is 2.17. The topological polar surface area (TPSA) is 69.6 Å². The molecule has 0 aliphatic carbocycles. The van der Waals surface area contributed by atoms with Crippen LogP contribution in [-0.4, -0.2) is 44.6 Å². The molecule has 0 bridgehead atoms. The number of rotatable bonds is 9. The normalized spacial score (nSPS) is 12.0. The van der Waals surface area contributed by atoms with E-state index in [0.717, 1.165) is 19.5 Å². The largest absolute Gasteiger partial charge is 0.392 e. The van der Waals surface area contributed by atoms with Crippen molar-refractivity contribution >= 4 is 10.0 Å². The van der Waals surface area contributed by atoms with Gasteiger partial charge in [-0.2, -0.15) is 0 Å². The Morgan fingerprint density at radius 2 is 1.95 bits per heavy atom. The zero-order valence-electron chi connectivity index (χ0n) is 13.1. The third kappa shape index (κ3) is 5.39. The van der Waals surface area contributed by atoms with Gasteiger partial charge in [-0.05, 0) is 43.6 Å². The summed E-state index contributed by atoms with van der Waals surface area (Å²) in [6.45, 7) is 8.73. The Labute approximate surface area is 128 Å². The van der Waals surface area contributed by atoms with Gasteiger partial charge in [0.2, 0.25) is 10.0 Å². The summed E-state index contributed by atoms with van der Waals surface area (Å²) in [5, 5.41) is 9.14. The summed E-state index contributed by atoms with van der Waals surface area (Å²) in [7, 11) is -3.53. The van der Waals surface area contributed by atoms with Crippen LogP contribution in [0.25, 0.3) is 0 Å². The van der Waals surface area contributed by atoms with Crippen molar-refractivity contribution in [1.82, 2.24) is 9.62 Å². The summed E-state index contributed by atoms with van der Waals surface area (Å²) in [5.41, 5.74) is 1.28. The SMILES string of the molecule is CCCN(CC)CCNS(=O)(=O)c1cc(CO)ccc1C. The van der Waals surface area contributed by atoms with Gasteiger partial charge in [-0.25, -0.2) is 13.1 Å². The smallest absolute Gasteiger partial charge is 0.240 e. The third-order valence-electron chi connectivity index (χ3n) is 3.43. The first-order valence-corrected chi connectivity index (χ1v) is 8.85. The number of hydrogen-bond donors (Lipinski definition) is 2. The maximum atomic E-state index is 12.3. The quantitative estimate of drug-likeness (QED) is 0.725. The molecule has 0 aromatic heterocycles. The minimum Gasteiger partial charge on any atom is -0.392 e. The molecule has 1 aromatic rings. The van der Waals surface area contributed by atoms with Gasteiger partial charge in [-0.15, -0.1) is 0 Å². The highest BCUT2D eigenvalue weighted by molar-refractivity contribution is 7.89. The van der Waals surface area contributed by atoms with Crippen molar-refractivity contribution in [3.8, 4) is 0 Å². The Morgan fingerprint density at radius 1 is 1.24 bits per heavy atom. The van der Waals surface area contributed by atoms with Crippen molar-refractivity contribution in [3.05, 3.63) is 29.3 Å². The Balaban J connectivity index is 2.73. The van der Waals surface area contributed by atoms with Crippen molar-refractivity contribution in [3.63, 3.8) is 0 Å². The molecule has 0 saturated heterocycles. The van der Waals surface area contributed by atoms with Crippen molar-refractivity contribution < 1.29 is 13.5 Å². The van der Waals surface area contributed by atoms with Crippen LogP contribution in [0, 0.1) is 6.92 Å². The van der Waals surface area contributed by atoms with E-state index in [9.17, 15) is 8.42 Å². The molecule has 6 heteroatoms. The van der Waals surface area contributed by atoms with Crippen LogP contribution in [0.4, 0.5) is 0 Å². The predicted molar refractivity (Wildman–Crippen MR) is 84.7 cm³/mol. The number of likely N-dealkylation sites (N-methyl/N-ethyl adjacent to an activating group) is 1. The molecule has 0 radical (unpaired) electrons. The fourth-order valence-electron chi connectivity index (χ4n) is 2.19. The van der Waals surface area contributed by atoms with E-state index in [1.807, 2.05) is 0 Å². The molecule has 0 aliphatic rings. The molecule has 0 amide bonds. The summed E-state index contributed by atoms with van der Waals surface area (Å²) in [6.07, 6.45) is 1.05. The average molecular weight is 314 g/mol. The van der Waals surface area contributed by atoms with E-state index in [1.54, 1.807) is 19.1 Å². The van der Waals surface area contributed by atoms with Crippen LogP contribution in [-0.2, 0) is 16.6 Å². The van der Waals surface area contributed by atoms with Crippen LogP contribution in [0.15, 0.2) is 23.1 Å². The standard InChI is InChI=1S/C15H26N2O3S/c1-4-9-17(5-2)10-8-16-21(19,20)15-11-14(12-18)7-6-13(15)3/h6-7,11,16,18H,4-5,8-10,12H2,1-3H3. The molecule has 0 spiro atoms. The number of aliphatic hydroxyl groups is 1. The summed E-state index contributed by atoms with van der Waals surface area (Å²) in [6, 6.07) is 4.98. The average Bonchev–Trinajstić information content (AvgIpc) is 2.46. The Hall–Kier alpha value is -0.950. The van der Waals surface area contributed by atoms with Crippen LogP contribution >= 0.6 is 0 Å². The Morgan fingerprint density at radius 3 is 2.52 bits per heavy atom. The number of aryl methyl sites for hydroxylation is 1. The lowest BCUT2D eigenvalue weighted by Crippen LogP contribution is -2.35. The minimum absolute atomic E-state index is 0.164. The number of sulfonamides is 1. The number of benzene rings is 1. The molecular weight excluding hydrogens is 288 g/mol. The molecule has 2 N–H and O–H groups in total. The summed E-state index contributed by atoms with van der Waals surface area (Å²) in [5.74, 6) is 0. The van der Waals surface area contributed by atoms with E-state index >= 15 is 0 Å². The Kier molecular flexibility index (Phi) is 7.31. The highest BCUT2D eigenvalue weighted by atomic mass is 32.2. The minimum atomic E-state index is -3.53. The molecule has 0 heterocycles. The summed E-state index contributed by atoms with van der Waals surface area (Å²) in [4.78, 5) is 2.45. The van der Waals surface area contributed by atoms with Gasteiger partial charge < -0.3 is 10.0 Å². The maximum Gasteiger partial charge on any atom is 0.240 e. The van der Waals surface area contributed by atoms with Crippen molar-refractivity contribution in [2.24, 2.45) is 0 Å². The van der Waals surface area contributed by atoms with E-state index < -0.39 is 10.0 Å². The van der Waals surface area contributed by atoms with Gasteiger partial charge in [-0.1, -0.05) is 26.0 Å². The van der Waals surface area contributed by atoms with Gasteiger partial charge in [0.05, 0.1) is 11.5 Å². The van der Waals surface area contributed by atoms with E-state index in [1.165, 1.54) is 6.07 Å². The highest BCUT2D eigenvalue weighted by Crippen LogP contribution is 2.16. The van der Waals surface area contributed by atoms with E-state index in [0.29, 0.717) is 24.2 Å². The number of aliphatic hydroxyl groups excluding tert-OH is 1. The second-order valence-corrected chi connectivity index (χ2v) is 6.83. The van der Waals surface area contributed by atoms with E-state index in [2.05, 4.69) is 23.5 Å². The monoisotopic (exact) mass is 314 g/mol. The van der Waals surface area contributed by atoms with Crippen molar-refractivity contribution in [2.45, 2.75) is 38.7 Å². The lowest BCUT2D eigenvalue weighted by atomic mass is 10.2. The number of nitrogens with zero attached hydrogens (tertiary/aromatic N) is 1. The van der Waals surface area contributed by atoms with Crippen LogP contribution in [0.3, 0.4) is 0 Å². The lowest BCUT2D eigenvalue weighted by Gasteiger charge is -2.19. The number of hydrogen-bond acceptors (Lipinski definition) is 4. The van der Waals surface area contributed by atoms with Crippen LogP contribution in [0.1, 0.15) is 31.4 Å². The van der Waals surface area contributed by atoms with E-state index in [-0.39, 0.29) is 11.5 Å². The van der Waals surface area contributed by atoms with Gasteiger partial charge in [0, 0.05) is 13.1 Å². The van der Waals surface area contributed by atoms with Gasteiger partial charge in [0.15, 0.2) is 0 Å². The maximum absolute atomic E-state index is 12.3. The van der Waals surface area contributed by atoms with Gasteiger partial charge in [-0.3, -0.25) is 0 Å². The fourth-order valence-corrected chi connectivity index (χ4v) is 3.51. The van der Waals surface area contributed by atoms with E-state index in [4.69, 9.17) is 5.11 Å². The molecule has 0 unspecified atom stereocenters. The Bertz CT molecular complexity index is 544. The molecule has 5 nitrogen and oxygen atoms in total. The van der Waals surface area contributed by atoms with Gasteiger partial charge in [0.25, 0.3) is 0 Å². The van der Waals surface area contributed by atoms with Crippen LogP contribution in [0.5, 0.6) is 0 Å². The first-order chi connectivity index (χ1) is 9.94. The third-order valence-corrected chi connectivity index (χ3v) is 5.03. The first kappa shape index (κ1) is 18.1. The molecule has 1 aromatic carbocycles. The lowest BCUT2D eigenvalue weighted by molar-refractivity contribution is 0.281. The molecule has 0 fully saturated rings. The zero-order chi connectivity index (χ0) is 15.9. The second-order valence-electron chi connectivity index (χ2n) is 5.09. The molecule has 0 saturated carbocycles. The molecular formula is C15H26N2O3S. The molecule has 120 valence electrons. The van der Waals surface area contributed by atoms with Crippen LogP contribution < -0.4 is 4.72 Å².